The van der Waals surface area contributed by atoms with Crippen molar-refractivity contribution in [1.29, 1.82) is 0 Å². The van der Waals surface area contributed by atoms with Crippen LogP contribution in [0.2, 0.25) is 10.0 Å². The number of rotatable bonds is 1. The van der Waals surface area contributed by atoms with Gasteiger partial charge in [-0.2, -0.15) is 0 Å². The SMILES string of the molecule is Clc1ccc(N2CN=CC3=C2[C@H]2CC[C@@H](C3)N2)cc1Cl. The topological polar surface area (TPSA) is 27.6 Å². The lowest BCUT2D eigenvalue weighted by molar-refractivity contribution is 0.526. The lowest BCUT2D eigenvalue weighted by Crippen LogP contribution is -2.44. The van der Waals surface area contributed by atoms with Crippen molar-refractivity contribution in [2.75, 3.05) is 11.6 Å². The molecule has 0 spiro atoms. The number of hydrogen-bond donors (Lipinski definition) is 1. The summed E-state index contributed by atoms with van der Waals surface area (Å²) in [6.45, 7) is 0.652. The van der Waals surface area contributed by atoms with Crippen LogP contribution in [0.15, 0.2) is 34.5 Å². The summed E-state index contributed by atoms with van der Waals surface area (Å²) in [5.41, 5.74) is 3.80. The summed E-state index contributed by atoms with van der Waals surface area (Å²) >= 11 is 12.2. The third kappa shape index (κ3) is 1.96. The third-order valence-electron chi connectivity index (χ3n) is 4.34. The van der Waals surface area contributed by atoms with E-state index in [9.17, 15) is 0 Å². The predicted molar refractivity (Wildman–Crippen MR) is 83.9 cm³/mol. The van der Waals surface area contributed by atoms with E-state index in [1.807, 2.05) is 18.2 Å². The fraction of sp³-hybridized carbons (Fsp3) is 0.400. The van der Waals surface area contributed by atoms with E-state index >= 15 is 0 Å². The minimum atomic E-state index is 0.449. The highest BCUT2D eigenvalue weighted by molar-refractivity contribution is 6.42. The second-order valence-corrected chi connectivity index (χ2v) is 6.40. The maximum atomic E-state index is 6.16. The molecule has 3 aliphatic heterocycles. The zero-order valence-corrected chi connectivity index (χ0v) is 12.5. The van der Waals surface area contributed by atoms with Crippen molar-refractivity contribution in [2.45, 2.75) is 31.3 Å². The Bertz CT molecular complexity index is 624. The molecule has 5 heteroatoms. The molecule has 0 saturated carbocycles. The van der Waals surface area contributed by atoms with Crippen molar-refractivity contribution in [2.24, 2.45) is 4.99 Å². The van der Waals surface area contributed by atoms with Gasteiger partial charge in [-0.05, 0) is 43.0 Å². The van der Waals surface area contributed by atoms with Crippen LogP contribution in [-0.2, 0) is 0 Å². The maximum Gasteiger partial charge on any atom is 0.114 e. The highest BCUT2D eigenvalue weighted by Crippen LogP contribution is 2.38. The van der Waals surface area contributed by atoms with Crippen molar-refractivity contribution < 1.29 is 0 Å². The van der Waals surface area contributed by atoms with E-state index in [4.69, 9.17) is 23.2 Å². The molecular weight excluding hydrogens is 293 g/mol. The first-order valence-corrected chi connectivity index (χ1v) is 7.69. The molecule has 4 rings (SSSR count). The largest absolute Gasteiger partial charge is 0.323 e. The minimum Gasteiger partial charge on any atom is -0.323 e. The van der Waals surface area contributed by atoms with E-state index in [0.717, 1.165) is 12.1 Å². The van der Waals surface area contributed by atoms with E-state index < -0.39 is 0 Å². The zero-order valence-electron chi connectivity index (χ0n) is 10.9. The first-order valence-electron chi connectivity index (χ1n) is 6.94. The Balaban J connectivity index is 1.76. The van der Waals surface area contributed by atoms with Crippen LogP contribution >= 0.6 is 23.2 Å². The third-order valence-corrected chi connectivity index (χ3v) is 5.08. The summed E-state index contributed by atoms with van der Waals surface area (Å²) in [5, 5.41) is 4.88. The number of hydrogen-bond acceptors (Lipinski definition) is 3. The van der Waals surface area contributed by atoms with E-state index in [2.05, 4.69) is 21.4 Å². The Labute approximate surface area is 128 Å². The van der Waals surface area contributed by atoms with Crippen molar-refractivity contribution in [3.05, 3.63) is 39.5 Å². The quantitative estimate of drug-likeness (QED) is 0.858. The molecule has 1 fully saturated rings. The number of aliphatic imine (C=N–C) groups is 1. The van der Waals surface area contributed by atoms with Crippen LogP contribution in [0.25, 0.3) is 0 Å². The molecule has 0 amide bonds. The van der Waals surface area contributed by atoms with Crippen LogP contribution in [0.5, 0.6) is 0 Å². The van der Waals surface area contributed by atoms with Gasteiger partial charge >= 0.3 is 0 Å². The Morgan fingerprint density at radius 2 is 2.10 bits per heavy atom. The van der Waals surface area contributed by atoms with Gasteiger partial charge in [0, 0.05) is 29.7 Å². The first-order chi connectivity index (χ1) is 9.72. The summed E-state index contributed by atoms with van der Waals surface area (Å²) in [6.07, 6.45) is 5.58. The van der Waals surface area contributed by atoms with Gasteiger partial charge in [0.15, 0.2) is 0 Å². The molecule has 3 heterocycles. The highest BCUT2D eigenvalue weighted by atomic mass is 35.5. The molecule has 1 N–H and O–H groups in total. The molecule has 2 atom stereocenters. The molecule has 3 aliphatic rings. The van der Waals surface area contributed by atoms with Crippen LogP contribution in [0, 0.1) is 0 Å². The molecule has 1 aromatic carbocycles. The Morgan fingerprint density at radius 3 is 2.95 bits per heavy atom. The number of nitrogens with zero attached hydrogens (tertiary/aromatic N) is 2. The zero-order chi connectivity index (χ0) is 13.7. The number of nitrogens with one attached hydrogen (secondary N) is 1. The van der Waals surface area contributed by atoms with Gasteiger partial charge in [0.05, 0.1) is 10.0 Å². The number of halogens is 2. The summed E-state index contributed by atoms with van der Waals surface area (Å²) in [5.74, 6) is 0. The average molecular weight is 308 g/mol. The molecule has 0 unspecified atom stereocenters. The standard InChI is InChI=1S/C15H15Cl2N3/c16-12-3-2-11(6-13(12)17)20-8-18-7-9-5-10-1-4-14(19-10)15(9)20/h2-3,6-7,10,14,19H,1,4-5,8H2/t10-,14+/m0/s1. The lowest BCUT2D eigenvalue weighted by atomic mass is 9.99. The predicted octanol–water partition coefficient (Wildman–Crippen LogP) is 3.62. The molecule has 0 aliphatic carbocycles. The van der Waals surface area contributed by atoms with Crippen LogP contribution in [0.3, 0.4) is 0 Å². The summed E-state index contributed by atoms with van der Waals surface area (Å²) < 4.78 is 0. The van der Waals surface area contributed by atoms with Crippen molar-refractivity contribution >= 4 is 35.1 Å². The van der Waals surface area contributed by atoms with E-state index in [0.29, 0.717) is 28.8 Å². The monoisotopic (exact) mass is 307 g/mol. The smallest absolute Gasteiger partial charge is 0.114 e. The lowest BCUT2D eigenvalue weighted by Gasteiger charge is -2.37. The summed E-state index contributed by atoms with van der Waals surface area (Å²) in [7, 11) is 0. The maximum absolute atomic E-state index is 6.16. The first kappa shape index (κ1) is 12.7. The number of fused-ring (bicyclic) bond motifs is 3. The van der Waals surface area contributed by atoms with E-state index in [-0.39, 0.29) is 0 Å². The van der Waals surface area contributed by atoms with Gasteiger partial charge in [0.25, 0.3) is 0 Å². The highest BCUT2D eigenvalue weighted by Gasteiger charge is 2.37. The van der Waals surface area contributed by atoms with Gasteiger partial charge < -0.3 is 10.2 Å². The van der Waals surface area contributed by atoms with Crippen molar-refractivity contribution in [1.82, 2.24) is 5.32 Å². The molecule has 0 aromatic heterocycles. The Hall–Kier alpha value is -1.03. The van der Waals surface area contributed by atoms with Crippen molar-refractivity contribution in [3.63, 3.8) is 0 Å². The molecular formula is C15H15Cl2N3. The van der Waals surface area contributed by atoms with Crippen LogP contribution < -0.4 is 10.2 Å². The van der Waals surface area contributed by atoms with Gasteiger partial charge in [0.1, 0.15) is 6.67 Å². The molecule has 1 aromatic rings. The van der Waals surface area contributed by atoms with Gasteiger partial charge in [-0.3, -0.25) is 4.99 Å². The molecule has 2 bridgehead atoms. The minimum absolute atomic E-state index is 0.449. The van der Waals surface area contributed by atoms with Crippen LogP contribution in [-0.4, -0.2) is 25.0 Å². The Kier molecular flexibility index (Phi) is 3.02. The molecule has 104 valence electrons. The number of anilines is 1. The fourth-order valence-electron chi connectivity index (χ4n) is 3.45. The average Bonchev–Trinajstić information content (AvgIpc) is 2.83. The molecule has 0 radical (unpaired) electrons. The number of benzene rings is 1. The summed E-state index contributed by atoms with van der Waals surface area (Å²) in [4.78, 5) is 6.77. The molecule has 1 saturated heterocycles. The fourth-order valence-corrected chi connectivity index (χ4v) is 3.74. The second-order valence-electron chi connectivity index (χ2n) is 5.59. The molecule has 20 heavy (non-hydrogen) atoms. The van der Waals surface area contributed by atoms with Crippen LogP contribution in [0.1, 0.15) is 19.3 Å². The van der Waals surface area contributed by atoms with Crippen LogP contribution in [0.4, 0.5) is 5.69 Å². The van der Waals surface area contributed by atoms with E-state index in [1.165, 1.54) is 24.1 Å². The van der Waals surface area contributed by atoms with Gasteiger partial charge in [-0.25, -0.2) is 0 Å². The van der Waals surface area contributed by atoms with Crippen molar-refractivity contribution in [3.8, 4) is 0 Å². The van der Waals surface area contributed by atoms with Gasteiger partial charge in [0.2, 0.25) is 0 Å². The normalized spacial score (nSPS) is 28.0. The van der Waals surface area contributed by atoms with E-state index in [1.54, 1.807) is 0 Å². The second kappa shape index (κ2) is 4.76. The van der Waals surface area contributed by atoms with Gasteiger partial charge in [-0.1, -0.05) is 23.2 Å². The van der Waals surface area contributed by atoms with Gasteiger partial charge in [-0.15, -0.1) is 0 Å². The Morgan fingerprint density at radius 1 is 1.20 bits per heavy atom. The summed E-state index contributed by atoms with van der Waals surface area (Å²) in [6, 6.07) is 6.87. The molecule has 3 nitrogen and oxygen atoms in total.